The van der Waals surface area contributed by atoms with Crippen LogP contribution in [0.2, 0.25) is 0 Å². The van der Waals surface area contributed by atoms with Crippen LogP contribution >= 0.6 is 12.2 Å². The number of aliphatic imine (C=N–C) groups is 1. The fourth-order valence-electron chi connectivity index (χ4n) is 1.84. The SMILES string of the molecule is Cc1cc2ccccc2n1CCN=C=S. The molecule has 0 amide bonds. The van der Waals surface area contributed by atoms with Gasteiger partial charge < -0.3 is 4.57 Å². The lowest BCUT2D eigenvalue weighted by Gasteiger charge is -2.04. The second-order valence-corrected chi connectivity index (χ2v) is 3.65. The standard InChI is InChI=1S/C12H12N2S/c1-10-8-11-4-2-3-5-12(11)14(10)7-6-13-9-15/h2-5,8H,6-7H2,1H3. The first-order valence-corrected chi connectivity index (χ1v) is 5.32. The summed E-state index contributed by atoms with van der Waals surface area (Å²) in [6.45, 7) is 3.67. The summed E-state index contributed by atoms with van der Waals surface area (Å²) in [5, 5.41) is 3.67. The van der Waals surface area contributed by atoms with Crippen LogP contribution in [0.25, 0.3) is 10.9 Å². The molecule has 0 aliphatic heterocycles. The fraction of sp³-hybridized carbons (Fsp3) is 0.250. The lowest BCUT2D eigenvalue weighted by atomic mass is 10.2. The molecule has 3 heteroatoms. The van der Waals surface area contributed by atoms with Gasteiger partial charge in [-0.05, 0) is 36.7 Å². The van der Waals surface area contributed by atoms with Gasteiger partial charge in [0.1, 0.15) is 0 Å². The van der Waals surface area contributed by atoms with E-state index >= 15 is 0 Å². The zero-order chi connectivity index (χ0) is 10.7. The number of hydrogen-bond donors (Lipinski definition) is 0. The normalized spacial score (nSPS) is 10.2. The average Bonchev–Trinajstić information content (AvgIpc) is 2.56. The molecule has 0 spiro atoms. The van der Waals surface area contributed by atoms with Crippen LogP contribution in [0, 0.1) is 6.92 Å². The van der Waals surface area contributed by atoms with Crippen LogP contribution in [0.15, 0.2) is 35.3 Å². The monoisotopic (exact) mass is 216 g/mol. The largest absolute Gasteiger partial charge is 0.343 e. The zero-order valence-electron chi connectivity index (χ0n) is 8.60. The highest BCUT2D eigenvalue weighted by Crippen LogP contribution is 2.18. The van der Waals surface area contributed by atoms with Gasteiger partial charge in [0.15, 0.2) is 0 Å². The summed E-state index contributed by atoms with van der Waals surface area (Å²) in [5.74, 6) is 0. The molecule has 1 aromatic carbocycles. The lowest BCUT2D eigenvalue weighted by molar-refractivity contribution is 0.718. The van der Waals surface area contributed by atoms with E-state index < -0.39 is 0 Å². The molecule has 0 fully saturated rings. The smallest absolute Gasteiger partial charge is 0.0672 e. The minimum Gasteiger partial charge on any atom is -0.343 e. The summed E-state index contributed by atoms with van der Waals surface area (Å²) in [4.78, 5) is 3.94. The quantitative estimate of drug-likeness (QED) is 0.569. The predicted molar refractivity (Wildman–Crippen MR) is 66.6 cm³/mol. The molecule has 2 aromatic rings. The van der Waals surface area contributed by atoms with Crippen molar-refractivity contribution in [3.63, 3.8) is 0 Å². The Kier molecular flexibility index (Phi) is 2.95. The van der Waals surface area contributed by atoms with Gasteiger partial charge in [-0.25, -0.2) is 4.99 Å². The Labute approximate surface area is 94.2 Å². The first-order chi connectivity index (χ1) is 7.33. The van der Waals surface area contributed by atoms with Crippen LogP contribution in [-0.2, 0) is 6.54 Å². The van der Waals surface area contributed by atoms with E-state index in [1.54, 1.807) is 0 Å². The van der Waals surface area contributed by atoms with Gasteiger partial charge in [0.25, 0.3) is 0 Å². The summed E-state index contributed by atoms with van der Waals surface area (Å²) in [5.41, 5.74) is 2.52. The van der Waals surface area contributed by atoms with Crippen molar-refractivity contribution < 1.29 is 0 Å². The van der Waals surface area contributed by atoms with E-state index in [4.69, 9.17) is 0 Å². The number of rotatable bonds is 3. The maximum atomic E-state index is 4.55. The van der Waals surface area contributed by atoms with Crippen LogP contribution in [-0.4, -0.2) is 16.3 Å². The Balaban J connectivity index is 2.40. The molecule has 0 atom stereocenters. The molecular formula is C12H12N2S. The number of isothiocyanates is 1. The van der Waals surface area contributed by atoms with Crippen molar-refractivity contribution in [2.75, 3.05) is 6.54 Å². The van der Waals surface area contributed by atoms with Crippen molar-refractivity contribution >= 4 is 28.3 Å². The number of aromatic nitrogens is 1. The van der Waals surface area contributed by atoms with Crippen molar-refractivity contribution in [2.45, 2.75) is 13.5 Å². The molecule has 0 saturated carbocycles. The molecule has 1 aromatic heterocycles. The van der Waals surface area contributed by atoms with Crippen molar-refractivity contribution in [1.29, 1.82) is 0 Å². The van der Waals surface area contributed by atoms with E-state index in [9.17, 15) is 0 Å². The maximum absolute atomic E-state index is 4.55. The Morgan fingerprint density at radius 3 is 3.00 bits per heavy atom. The van der Waals surface area contributed by atoms with Gasteiger partial charge in [-0.15, -0.1) is 0 Å². The minimum absolute atomic E-state index is 0.697. The number of aryl methyl sites for hydroxylation is 1. The summed E-state index contributed by atoms with van der Waals surface area (Å²) >= 11 is 4.55. The van der Waals surface area contributed by atoms with Gasteiger partial charge in [0, 0.05) is 17.8 Å². The summed E-state index contributed by atoms with van der Waals surface area (Å²) < 4.78 is 2.26. The molecule has 15 heavy (non-hydrogen) atoms. The summed E-state index contributed by atoms with van der Waals surface area (Å²) in [7, 11) is 0. The number of para-hydroxylation sites is 1. The van der Waals surface area contributed by atoms with E-state index in [-0.39, 0.29) is 0 Å². The van der Waals surface area contributed by atoms with Gasteiger partial charge >= 0.3 is 0 Å². The van der Waals surface area contributed by atoms with E-state index in [1.165, 1.54) is 16.6 Å². The van der Waals surface area contributed by atoms with Crippen LogP contribution in [0.4, 0.5) is 0 Å². The highest BCUT2D eigenvalue weighted by molar-refractivity contribution is 7.78. The Bertz CT molecular complexity index is 521. The number of benzene rings is 1. The van der Waals surface area contributed by atoms with Crippen LogP contribution in [0.3, 0.4) is 0 Å². The van der Waals surface area contributed by atoms with Crippen LogP contribution in [0.1, 0.15) is 5.69 Å². The number of thiocarbonyl (C=S) groups is 1. The first-order valence-electron chi connectivity index (χ1n) is 4.91. The second kappa shape index (κ2) is 4.39. The van der Waals surface area contributed by atoms with Crippen molar-refractivity contribution in [3.8, 4) is 0 Å². The van der Waals surface area contributed by atoms with E-state index in [1.807, 2.05) is 0 Å². The fourth-order valence-corrected chi connectivity index (χ4v) is 1.93. The molecule has 76 valence electrons. The van der Waals surface area contributed by atoms with Gasteiger partial charge in [-0.3, -0.25) is 0 Å². The molecular weight excluding hydrogens is 204 g/mol. The van der Waals surface area contributed by atoms with E-state index in [0.29, 0.717) is 6.54 Å². The molecule has 0 aliphatic carbocycles. The topological polar surface area (TPSA) is 17.3 Å². The molecule has 1 heterocycles. The molecule has 0 aliphatic rings. The summed E-state index contributed by atoms with van der Waals surface area (Å²) in [6.07, 6.45) is 0. The Morgan fingerprint density at radius 1 is 1.40 bits per heavy atom. The summed E-state index contributed by atoms with van der Waals surface area (Å²) in [6, 6.07) is 10.6. The number of fused-ring (bicyclic) bond motifs is 1. The van der Waals surface area contributed by atoms with Crippen LogP contribution < -0.4 is 0 Å². The number of hydrogen-bond acceptors (Lipinski definition) is 2. The molecule has 0 saturated heterocycles. The van der Waals surface area contributed by atoms with Gasteiger partial charge in [-0.1, -0.05) is 18.2 Å². The van der Waals surface area contributed by atoms with E-state index in [2.05, 4.69) is 64.2 Å². The highest BCUT2D eigenvalue weighted by atomic mass is 32.1. The van der Waals surface area contributed by atoms with Gasteiger partial charge in [0.2, 0.25) is 0 Å². The third kappa shape index (κ3) is 1.99. The molecule has 0 radical (unpaired) electrons. The maximum Gasteiger partial charge on any atom is 0.0672 e. The Hall–Kier alpha value is -1.44. The molecule has 0 N–H and O–H groups in total. The van der Waals surface area contributed by atoms with E-state index in [0.717, 1.165) is 6.54 Å². The molecule has 2 nitrogen and oxygen atoms in total. The highest BCUT2D eigenvalue weighted by Gasteiger charge is 2.03. The van der Waals surface area contributed by atoms with Crippen molar-refractivity contribution in [2.24, 2.45) is 4.99 Å². The Morgan fingerprint density at radius 2 is 2.20 bits per heavy atom. The van der Waals surface area contributed by atoms with Gasteiger partial charge in [0.05, 0.1) is 11.7 Å². The van der Waals surface area contributed by atoms with Crippen molar-refractivity contribution in [3.05, 3.63) is 36.0 Å². The number of nitrogens with zero attached hydrogens (tertiary/aromatic N) is 2. The third-order valence-electron chi connectivity index (χ3n) is 2.52. The van der Waals surface area contributed by atoms with Crippen LogP contribution in [0.5, 0.6) is 0 Å². The van der Waals surface area contributed by atoms with Crippen molar-refractivity contribution in [1.82, 2.24) is 4.57 Å². The third-order valence-corrected chi connectivity index (χ3v) is 2.65. The molecule has 0 bridgehead atoms. The lowest BCUT2D eigenvalue weighted by Crippen LogP contribution is -2.02. The molecule has 2 rings (SSSR count). The zero-order valence-corrected chi connectivity index (χ0v) is 9.42. The average molecular weight is 216 g/mol. The first kappa shape index (κ1) is 10.1. The van der Waals surface area contributed by atoms with Gasteiger partial charge in [-0.2, -0.15) is 0 Å². The molecule has 0 unspecified atom stereocenters. The minimum atomic E-state index is 0.697. The second-order valence-electron chi connectivity index (χ2n) is 3.47. The predicted octanol–water partition coefficient (Wildman–Crippen LogP) is 3.05.